The lowest BCUT2D eigenvalue weighted by atomic mass is 9.99. The minimum Gasteiger partial charge on any atom is -0.305 e. The Morgan fingerprint density at radius 1 is 1.13 bits per heavy atom. The fourth-order valence-electron chi connectivity index (χ4n) is 3.79. The summed E-state index contributed by atoms with van der Waals surface area (Å²) in [6, 6.07) is 16.0. The molecule has 0 atom stereocenters. The van der Waals surface area contributed by atoms with Crippen molar-refractivity contribution in [2.24, 2.45) is 0 Å². The Balaban J connectivity index is 1.58. The molecule has 0 spiro atoms. The summed E-state index contributed by atoms with van der Waals surface area (Å²) in [6.45, 7) is 2.69. The molecule has 5 nitrogen and oxygen atoms in total. The largest absolute Gasteiger partial charge is 0.305 e. The SMILES string of the molecule is Cc1ccc2c(c1)CCCN2C(=O)c1nc(-c2cccs2)n(-c2ccc(F)cc2)n1. The van der Waals surface area contributed by atoms with Crippen LogP contribution in [-0.2, 0) is 6.42 Å². The van der Waals surface area contributed by atoms with Gasteiger partial charge in [0.05, 0.1) is 10.6 Å². The number of fused-ring (bicyclic) bond motifs is 1. The molecule has 0 aliphatic carbocycles. The van der Waals surface area contributed by atoms with E-state index >= 15 is 0 Å². The Hall–Kier alpha value is -3.32. The third-order valence-corrected chi connectivity index (χ3v) is 6.08. The van der Waals surface area contributed by atoms with E-state index < -0.39 is 0 Å². The molecule has 0 fully saturated rings. The van der Waals surface area contributed by atoms with Gasteiger partial charge in [-0.2, -0.15) is 0 Å². The summed E-state index contributed by atoms with van der Waals surface area (Å²) in [5, 5.41) is 6.48. The number of nitrogens with zero attached hydrogens (tertiary/aromatic N) is 4. The first-order chi connectivity index (χ1) is 14.6. The summed E-state index contributed by atoms with van der Waals surface area (Å²) in [4.78, 5) is 20.6. The zero-order chi connectivity index (χ0) is 20.7. The van der Waals surface area contributed by atoms with Gasteiger partial charge in [-0.15, -0.1) is 16.4 Å². The lowest BCUT2D eigenvalue weighted by molar-refractivity contribution is 0.0975. The van der Waals surface area contributed by atoms with E-state index in [1.165, 1.54) is 34.6 Å². The van der Waals surface area contributed by atoms with Crippen molar-refractivity contribution in [1.29, 1.82) is 0 Å². The average molecular weight is 418 g/mol. The van der Waals surface area contributed by atoms with Crippen LogP contribution in [0.3, 0.4) is 0 Å². The molecule has 0 saturated heterocycles. The molecule has 150 valence electrons. The molecule has 4 aromatic rings. The van der Waals surface area contributed by atoms with Crippen LogP contribution in [0.25, 0.3) is 16.4 Å². The normalized spacial score (nSPS) is 13.3. The van der Waals surface area contributed by atoms with Crippen LogP contribution in [0.5, 0.6) is 0 Å². The zero-order valence-corrected chi connectivity index (χ0v) is 17.2. The third kappa shape index (κ3) is 3.31. The molecule has 0 radical (unpaired) electrons. The number of aromatic nitrogens is 3. The molecular weight excluding hydrogens is 399 g/mol. The van der Waals surface area contributed by atoms with Gasteiger partial charge >= 0.3 is 0 Å². The lowest BCUT2D eigenvalue weighted by Crippen LogP contribution is -2.36. The molecular formula is C23H19FN4OS. The van der Waals surface area contributed by atoms with Crippen molar-refractivity contribution in [3.05, 3.63) is 82.7 Å². The highest BCUT2D eigenvalue weighted by Gasteiger charge is 2.28. The Morgan fingerprint density at radius 3 is 2.73 bits per heavy atom. The van der Waals surface area contributed by atoms with Crippen molar-refractivity contribution < 1.29 is 9.18 Å². The van der Waals surface area contributed by atoms with Crippen LogP contribution in [0, 0.1) is 12.7 Å². The monoisotopic (exact) mass is 418 g/mol. The van der Waals surface area contributed by atoms with Crippen LogP contribution >= 0.6 is 11.3 Å². The van der Waals surface area contributed by atoms with E-state index in [1.807, 2.05) is 29.6 Å². The molecule has 0 bridgehead atoms. The molecule has 0 unspecified atom stereocenters. The second kappa shape index (κ2) is 7.50. The highest BCUT2D eigenvalue weighted by molar-refractivity contribution is 7.13. The maximum atomic E-state index is 13.4. The number of carbonyl (C=O) groups is 1. The zero-order valence-electron chi connectivity index (χ0n) is 16.4. The van der Waals surface area contributed by atoms with E-state index in [9.17, 15) is 9.18 Å². The summed E-state index contributed by atoms with van der Waals surface area (Å²) < 4.78 is 15.0. The molecule has 7 heteroatoms. The maximum Gasteiger partial charge on any atom is 0.297 e. The number of thiophene rings is 1. The Morgan fingerprint density at radius 2 is 1.97 bits per heavy atom. The molecule has 2 aromatic carbocycles. The van der Waals surface area contributed by atoms with Gasteiger partial charge in [-0.25, -0.2) is 14.1 Å². The van der Waals surface area contributed by atoms with Crippen LogP contribution in [0.2, 0.25) is 0 Å². The van der Waals surface area contributed by atoms with E-state index in [2.05, 4.69) is 23.1 Å². The van der Waals surface area contributed by atoms with Crippen molar-refractivity contribution in [2.45, 2.75) is 19.8 Å². The molecule has 3 heterocycles. The van der Waals surface area contributed by atoms with E-state index in [0.29, 0.717) is 18.1 Å². The number of halogens is 1. The van der Waals surface area contributed by atoms with Crippen molar-refractivity contribution in [3.63, 3.8) is 0 Å². The van der Waals surface area contributed by atoms with Gasteiger partial charge in [-0.05, 0) is 67.1 Å². The highest BCUT2D eigenvalue weighted by Crippen LogP contribution is 2.30. The van der Waals surface area contributed by atoms with Gasteiger partial charge in [-0.1, -0.05) is 23.8 Å². The number of hydrogen-bond acceptors (Lipinski definition) is 4. The van der Waals surface area contributed by atoms with Crippen LogP contribution in [0.1, 0.15) is 28.2 Å². The first-order valence-corrected chi connectivity index (χ1v) is 10.7. The fraction of sp³-hybridized carbons (Fsp3) is 0.174. The van der Waals surface area contributed by atoms with Crippen LogP contribution in [0.4, 0.5) is 10.1 Å². The van der Waals surface area contributed by atoms with Crippen molar-refractivity contribution in [3.8, 4) is 16.4 Å². The van der Waals surface area contributed by atoms with Crippen LogP contribution in [-0.4, -0.2) is 27.2 Å². The van der Waals surface area contributed by atoms with Gasteiger partial charge in [0.15, 0.2) is 5.82 Å². The molecule has 30 heavy (non-hydrogen) atoms. The van der Waals surface area contributed by atoms with Gasteiger partial charge in [0, 0.05) is 12.2 Å². The van der Waals surface area contributed by atoms with E-state index in [4.69, 9.17) is 0 Å². The summed E-state index contributed by atoms with van der Waals surface area (Å²) in [7, 11) is 0. The number of anilines is 1. The van der Waals surface area contributed by atoms with Gasteiger partial charge in [0.2, 0.25) is 5.82 Å². The number of carbonyl (C=O) groups excluding carboxylic acids is 1. The summed E-state index contributed by atoms with van der Waals surface area (Å²) in [5.41, 5.74) is 3.93. The van der Waals surface area contributed by atoms with Gasteiger partial charge in [-0.3, -0.25) is 4.79 Å². The van der Waals surface area contributed by atoms with Crippen molar-refractivity contribution in [1.82, 2.24) is 14.8 Å². The fourth-order valence-corrected chi connectivity index (χ4v) is 4.49. The number of aryl methyl sites for hydroxylation is 2. The number of hydrogen-bond donors (Lipinski definition) is 0. The summed E-state index contributed by atoms with van der Waals surface area (Å²) in [6.07, 6.45) is 1.86. The third-order valence-electron chi connectivity index (χ3n) is 5.21. The Labute approximate surface area is 177 Å². The average Bonchev–Trinajstić information content (AvgIpc) is 3.43. The first kappa shape index (κ1) is 18.7. The summed E-state index contributed by atoms with van der Waals surface area (Å²) >= 11 is 1.52. The lowest BCUT2D eigenvalue weighted by Gasteiger charge is -2.28. The first-order valence-electron chi connectivity index (χ1n) is 9.78. The van der Waals surface area contributed by atoms with Gasteiger partial charge in [0.25, 0.3) is 5.91 Å². The summed E-state index contributed by atoms with van der Waals surface area (Å²) in [5.74, 6) is 0.156. The molecule has 1 aliphatic heterocycles. The number of rotatable bonds is 3. The number of amides is 1. The van der Waals surface area contributed by atoms with Crippen LogP contribution in [0.15, 0.2) is 60.0 Å². The maximum absolute atomic E-state index is 13.4. The van der Waals surface area contributed by atoms with Gasteiger partial charge < -0.3 is 4.90 Å². The molecule has 0 saturated carbocycles. The van der Waals surface area contributed by atoms with E-state index in [1.54, 1.807) is 21.7 Å². The Bertz CT molecular complexity index is 1210. The van der Waals surface area contributed by atoms with E-state index in [0.717, 1.165) is 23.4 Å². The minimum absolute atomic E-state index is 0.135. The van der Waals surface area contributed by atoms with E-state index in [-0.39, 0.29) is 17.5 Å². The molecule has 5 rings (SSSR count). The highest BCUT2D eigenvalue weighted by atomic mass is 32.1. The van der Waals surface area contributed by atoms with Gasteiger partial charge in [0.1, 0.15) is 5.82 Å². The standard InChI is InChI=1S/C23H19FN4OS/c1-15-6-11-19-16(14-15)4-2-12-27(19)23(29)21-25-22(20-5-3-13-30-20)28(26-21)18-9-7-17(24)8-10-18/h3,5-11,13-14H,2,4,12H2,1H3. The molecule has 1 aliphatic rings. The number of benzene rings is 2. The second-order valence-corrected chi connectivity index (χ2v) is 8.26. The van der Waals surface area contributed by atoms with Crippen molar-refractivity contribution in [2.75, 3.05) is 11.4 Å². The minimum atomic E-state index is -0.326. The topological polar surface area (TPSA) is 51.0 Å². The van der Waals surface area contributed by atoms with Crippen LogP contribution < -0.4 is 4.90 Å². The smallest absolute Gasteiger partial charge is 0.297 e. The second-order valence-electron chi connectivity index (χ2n) is 7.32. The molecule has 2 aromatic heterocycles. The Kier molecular flexibility index (Phi) is 4.67. The quantitative estimate of drug-likeness (QED) is 0.469. The predicted octanol–water partition coefficient (Wildman–Crippen LogP) is 5.04. The molecule has 0 N–H and O–H groups in total. The predicted molar refractivity (Wildman–Crippen MR) is 116 cm³/mol. The molecule has 1 amide bonds. The van der Waals surface area contributed by atoms with Crippen molar-refractivity contribution >= 4 is 22.9 Å².